The van der Waals surface area contributed by atoms with Crippen LogP contribution in [0.2, 0.25) is 0 Å². The van der Waals surface area contributed by atoms with Crippen LogP contribution in [0.25, 0.3) is 0 Å². The minimum absolute atomic E-state index is 0.0776. The molecule has 0 saturated heterocycles. The zero-order chi connectivity index (χ0) is 14.4. The molecule has 2 rings (SSSR count). The largest absolute Gasteiger partial charge is 0.395 e. The molecule has 1 aliphatic rings. The first-order valence-corrected chi connectivity index (χ1v) is 7.75. The average molecular weight is 293 g/mol. The third kappa shape index (κ3) is 3.79. The van der Waals surface area contributed by atoms with Crippen molar-refractivity contribution in [1.82, 2.24) is 4.90 Å². The minimum Gasteiger partial charge on any atom is -0.395 e. The van der Waals surface area contributed by atoms with E-state index in [9.17, 15) is 4.79 Å². The lowest BCUT2D eigenvalue weighted by Crippen LogP contribution is -2.43. The highest BCUT2D eigenvalue weighted by atomic mass is 32.1. The van der Waals surface area contributed by atoms with E-state index < -0.39 is 0 Å². The van der Waals surface area contributed by atoms with E-state index in [1.165, 1.54) is 17.8 Å². The van der Waals surface area contributed by atoms with Gasteiger partial charge in [-0.05, 0) is 24.3 Å². The van der Waals surface area contributed by atoms with Gasteiger partial charge in [-0.3, -0.25) is 9.69 Å². The molecule has 0 aliphatic heterocycles. The number of amides is 1. The summed E-state index contributed by atoms with van der Waals surface area (Å²) in [6, 6.07) is 4.28. The van der Waals surface area contributed by atoms with Gasteiger partial charge in [0.1, 0.15) is 11.1 Å². The van der Waals surface area contributed by atoms with Crippen molar-refractivity contribution in [2.24, 2.45) is 0 Å². The van der Waals surface area contributed by atoms with E-state index in [0.29, 0.717) is 36.1 Å². The molecule has 1 aliphatic carbocycles. The van der Waals surface area contributed by atoms with Crippen LogP contribution in [0.15, 0.2) is 11.4 Å². The zero-order valence-corrected chi connectivity index (χ0v) is 12.2. The second-order valence-corrected chi connectivity index (χ2v) is 5.83. The van der Waals surface area contributed by atoms with Crippen molar-refractivity contribution >= 4 is 22.2 Å². The summed E-state index contributed by atoms with van der Waals surface area (Å²) in [6.45, 7) is 1.41. The van der Waals surface area contributed by atoms with Gasteiger partial charge in [-0.15, -0.1) is 11.3 Å². The molecule has 2 N–H and O–H groups in total. The predicted octanol–water partition coefficient (Wildman–Crippen LogP) is 1.80. The Morgan fingerprint density at radius 2 is 2.35 bits per heavy atom. The number of hydrogen-bond donors (Lipinski definition) is 2. The topological polar surface area (TPSA) is 76.4 Å². The molecular formula is C14H19N3O2S. The summed E-state index contributed by atoms with van der Waals surface area (Å²) in [5.74, 6) is -0.0776. The second kappa shape index (κ2) is 7.39. The molecule has 1 saturated carbocycles. The Hall–Kier alpha value is -1.42. The molecule has 0 radical (unpaired) electrons. The number of rotatable bonds is 7. The molecule has 1 aromatic heterocycles. The SMILES string of the molecule is N#Cc1ccsc1NC(=O)CCN(CCO)C1CCC1. The fraction of sp³-hybridized carbons (Fsp3) is 0.571. The molecule has 1 fully saturated rings. The standard InChI is InChI=1S/C14H19N3O2S/c15-10-11-5-9-20-14(11)16-13(19)4-6-17(7-8-18)12-2-1-3-12/h5,9,12,18H,1-4,6-8H2,(H,16,19). The quantitative estimate of drug-likeness (QED) is 0.803. The number of aliphatic hydroxyl groups is 1. The normalized spacial score (nSPS) is 14.8. The zero-order valence-electron chi connectivity index (χ0n) is 11.3. The number of nitrogens with zero attached hydrogens (tertiary/aromatic N) is 2. The van der Waals surface area contributed by atoms with Gasteiger partial charge in [-0.1, -0.05) is 6.42 Å². The highest BCUT2D eigenvalue weighted by Gasteiger charge is 2.24. The number of carbonyl (C=O) groups excluding carboxylic acids is 1. The van der Waals surface area contributed by atoms with Crippen LogP contribution in [0.5, 0.6) is 0 Å². The van der Waals surface area contributed by atoms with Gasteiger partial charge >= 0.3 is 0 Å². The maximum atomic E-state index is 11.9. The Labute approximate surface area is 122 Å². The number of carbonyl (C=O) groups is 1. The highest BCUT2D eigenvalue weighted by Crippen LogP contribution is 2.25. The number of hydrogen-bond acceptors (Lipinski definition) is 5. The van der Waals surface area contributed by atoms with Crippen LogP contribution in [0.3, 0.4) is 0 Å². The maximum absolute atomic E-state index is 11.9. The van der Waals surface area contributed by atoms with E-state index in [4.69, 9.17) is 10.4 Å². The van der Waals surface area contributed by atoms with Gasteiger partial charge in [0.2, 0.25) is 5.91 Å². The molecule has 108 valence electrons. The molecule has 0 bridgehead atoms. The third-order valence-electron chi connectivity index (χ3n) is 3.64. The molecule has 0 atom stereocenters. The molecular weight excluding hydrogens is 274 g/mol. The summed E-state index contributed by atoms with van der Waals surface area (Å²) in [4.78, 5) is 14.1. The summed E-state index contributed by atoms with van der Waals surface area (Å²) in [5, 5.41) is 23.2. The first-order valence-electron chi connectivity index (χ1n) is 6.87. The van der Waals surface area contributed by atoms with Crippen molar-refractivity contribution in [3.05, 3.63) is 17.0 Å². The number of nitrogens with one attached hydrogen (secondary N) is 1. The van der Waals surface area contributed by atoms with E-state index >= 15 is 0 Å². The predicted molar refractivity (Wildman–Crippen MR) is 78.6 cm³/mol. The van der Waals surface area contributed by atoms with Gasteiger partial charge in [-0.25, -0.2) is 0 Å². The Balaban J connectivity index is 1.80. The smallest absolute Gasteiger partial charge is 0.226 e. The fourth-order valence-electron chi connectivity index (χ4n) is 2.29. The monoisotopic (exact) mass is 293 g/mol. The molecule has 1 aromatic rings. The van der Waals surface area contributed by atoms with Crippen molar-refractivity contribution in [3.63, 3.8) is 0 Å². The van der Waals surface area contributed by atoms with E-state index in [0.717, 1.165) is 12.8 Å². The molecule has 6 heteroatoms. The van der Waals surface area contributed by atoms with Crippen molar-refractivity contribution in [2.75, 3.05) is 25.0 Å². The highest BCUT2D eigenvalue weighted by molar-refractivity contribution is 7.14. The molecule has 0 unspecified atom stereocenters. The maximum Gasteiger partial charge on any atom is 0.226 e. The minimum atomic E-state index is -0.0776. The Morgan fingerprint density at radius 3 is 2.95 bits per heavy atom. The summed E-state index contributed by atoms with van der Waals surface area (Å²) in [6.07, 6.45) is 3.94. The van der Waals surface area contributed by atoms with Gasteiger partial charge in [0.15, 0.2) is 0 Å². The summed E-state index contributed by atoms with van der Waals surface area (Å²) >= 11 is 1.36. The van der Waals surface area contributed by atoms with Crippen LogP contribution in [0.4, 0.5) is 5.00 Å². The average Bonchev–Trinajstić information content (AvgIpc) is 2.81. The molecule has 5 nitrogen and oxygen atoms in total. The second-order valence-electron chi connectivity index (χ2n) is 4.92. The van der Waals surface area contributed by atoms with Gasteiger partial charge in [0, 0.05) is 25.6 Å². The Morgan fingerprint density at radius 1 is 1.55 bits per heavy atom. The van der Waals surface area contributed by atoms with Crippen LogP contribution in [-0.4, -0.2) is 41.7 Å². The van der Waals surface area contributed by atoms with E-state index in [1.807, 2.05) is 0 Å². The van der Waals surface area contributed by atoms with Crippen LogP contribution in [-0.2, 0) is 4.79 Å². The van der Waals surface area contributed by atoms with Crippen LogP contribution in [0, 0.1) is 11.3 Å². The van der Waals surface area contributed by atoms with Gasteiger partial charge in [-0.2, -0.15) is 5.26 Å². The van der Waals surface area contributed by atoms with Crippen molar-refractivity contribution in [1.29, 1.82) is 5.26 Å². The lowest BCUT2D eigenvalue weighted by Gasteiger charge is -2.37. The summed E-state index contributed by atoms with van der Waals surface area (Å²) in [7, 11) is 0. The molecule has 1 amide bonds. The number of nitriles is 1. The molecule has 0 spiro atoms. The molecule has 20 heavy (non-hydrogen) atoms. The van der Waals surface area contributed by atoms with Crippen molar-refractivity contribution < 1.29 is 9.90 Å². The van der Waals surface area contributed by atoms with Crippen LogP contribution in [0.1, 0.15) is 31.2 Å². The lowest BCUT2D eigenvalue weighted by atomic mass is 9.91. The van der Waals surface area contributed by atoms with Crippen molar-refractivity contribution in [2.45, 2.75) is 31.7 Å². The van der Waals surface area contributed by atoms with E-state index in [1.54, 1.807) is 11.4 Å². The number of anilines is 1. The van der Waals surface area contributed by atoms with E-state index in [2.05, 4.69) is 16.3 Å². The van der Waals surface area contributed by atoms with E-state index in [-0.39, 0.29) is 12.5 Å². The third-order valence-corrected chi connectivity index (χ3v) is 4.47. The molecule has 0 aromatic carbocycles. The molecule has 1 heterocycles. The fourth-order valence-corrected chi connectivity index (χ4v) is 3.04. The number of aliphatic hydroxyl groups excluding tert-OH is 1. The Kier molecular flexibility index (Phi) is 5.53. The Bertz CT molecular complexity index is 491. The number of thiophene rings is 1. The first kappa shape index (κ1) is 15.0. The van der Waals surface area contributed by atoms with Crippen molar-refractivity contribution in [3.8, 4) is 6.07 Å². The van der Waals surface area contributed by atoms with Gasteiger partial charge in [0.05, 0.1) is 12.2 Å². The summed E-state index contributed by atoms with van der Waals surface area (Å²) < 4.78 is 0. The summed E-state index contributed by atoms with van der Waals surface area (Å²) in [5.41, 5.74) is 0.509. The lowest BCUT2D eigenvalue weighted by molar-refractivity contribution is -0.116. The van der Waals surface area contributed by atoms with Gasteiger partial charge in [0.25, 0.3) is 0 Å². The van der Waals surface area contributed by atoms with Gasteiger partial charge < -0.3 is 10.4 Å². The van der Waals surface area contributed by atoms with Crippen LogP contribution >= 0.6 is 11.3 Å². The van der Waals surface area contributed by atoms with Crippen LogP contribution < -0.4 is 5.32 Å². The first-order chi connectivity index (χ1) is 9.74.